The van der Waals surface area contributed by atoms with Crippen LogP contribution in [-0.2, 0) is 11.8 Å². The Morgan fingerprint density at radius 3 is 3.25 bits per heavy atom. The van der Waals surface area contributed by atoms with Crippen LogP contribution in [0.25, 0.3) is 0 Å². The van der Waals surface area contributed by atoms with Crippen molar-refractivity contribution in [1.29, 1.82) is 0 Å². The van der Waals surface area contributed by atoms with Gasteiger partial charge >= 0.3 is 0 Å². The second kappa shape index (κ2) is 4.97. The number of hydrogen-bond donors (Lipinski definition) is 1. The summed E-state index contributed by atoms with van der Waals surface area (Å²) in [6.07, 6.45) is 3.97. The van der Waals surface area contributed by atoms with Crippen LogP contribution in [0, 0.1) is 0 Å². The average molecular weight is 288 g/mol. The molecule has 0 amide bonds. The molecule has 1 fully saturated rings. The summed E-state index contributed by atoms with van der Waals surface area (Å²) in [5, 5.41) is 3.04. The summed E-state index contributed by atoms with van der Waals surface area (Å²) >= 11 is 3.26. The van der Waals surface area contributed by atoms with Gasteiger partial charge in [0.25, 0.3) is 5.56 Å². The molecule has 0 aromatic carbocycles. The highest BCUT2D eigenvalue weighted by Gasteiger charge is 2.16. The standard InChI is InChI=1S/C10H14BrN3O2/c1-14-6-8(11)13-9(10(14)15)12-5-7-3-2-4-16-7/h6-7H,2-5H2,1H3,(H,12,13)/t7-/m0/s1. The van der Waals surface area contributed by atoms with Gasteiger partial charge in [0.2, 0.25) is 0 Å². The third-order valence-corrected chi connectivity index (χ3v) is 2.94. The van der Waals surface area contributed by atoms with Crippen LogP contribution < -0.4 is 10.9 Å². The third-order valence-electron chi connectivity index (χ3n) is 2.56. The highest BCUT2D eigenvalue weighted by atomic mass is 79.9. The van der Waals surface area contributed by atoms with Gasteiger partial charge in [0.1, 0.15) is 4.60 Å². The Labute approximate surface area is 102 Å². The fourth-order valence-electron chi connectivity index (χ4n) is 1.70. The number of halogens is 1. The van der Waals surface area contributed by atoms with Crippen molar-refractivity contribution in [2.45, 2.75) is 18.9 Å². The van der Waals surface area contributed by atoms with Crippen molar-refractivity contribution in [3.63, 3.8) is 0 Å². The number of aromatic nitrogens is 2. The molecular formula is C10H14BrN3O2. The van der Waals surface area contributed by atoms with Crippen molar-refractivity contribution in [1.82, 2.24) is 9.55 Å². The summed E-state index contributed by atoms with van der Waals surface area (Å²) in [5.74, 6) is 0.368. The largest absolute Gasteiger partial charge is 0.376 e. The predicted octanol–water partition coefficient (Wildman–Crippen LogP) is 1.13. The number of ether oxygens (including phenoxy) is 1. The lowest BCUT2D eigenvalue weighted by Gasteiger charge is -2.11. The molecule has 0 spiro atoms. The summed E-state index contributed by atoms with van der Waals surface area (Å²) in [4.78, 5) is 15.8. The van der Waals surface area contributed by atoms with Crippen molar-refractivity contribution in [3.8, 4) is 0 Å². The van der Waals surface area contributed by atoms with Gasteiger partial charge in [-0.25, -0.2) is 4.98 Å². The van der Waals surface area contributed by atoms with Gasteiger partial charge in [-0.15, -0.1) is 0 Å². The molecule has 1 saturated heterocycles. The SMILES string of the molecule is Cn1cc(Br)nc(NC[C@@H]2CCCO2)c1=O. The quantitative estimate of drug-likeness (QED) is 0.906. The van der Waals surface area contributed by atoms with Crippen LogP contribution in [0.1, 0.15) is 12.8 Å². The van der Waals surface area contributed by atoms with Gasteiger partial charge in [0.15, 0.2) is 5.82 Å². The summed E-state index contributed by atoms with van der Waals surface area (Å²) in [7, 11) is 1.70. The minimum Gasteiger partial charge on any atom is -0.376 e. The van der Waals surface area contributed by atoms with E-state index in [2.05, 4.69) is 26.2 Å². The molecule has 5 nitrogen and oxygen atoms in total. The Balaban J connectivity index is 2.05. The number of hydrogen-bond acceptors (Lipinski definition) is 4. The Kier molecular flexibility index (Phi) is 3.60. The van der Waals surface area contributed by atoms with Gasteiger partial charge in [0, 0.05) is 26.4 Å². The first kappa shape index (κ1) is 11.6. The van der Waals surface area contributed by atoms with Gasteiger partial charge in [-0.05, 0) is 28.8 Å². The van der Waals surface area contributed by atoms with Crippen LogP contribution in [-0.4, -0.2) is 28.8 Å². The summed E-state index contributed by atoms with van der Waals surface area (Å²) in [5.41, 5.74) is -0.124. The van der Waals surface area contributed by atoms with Crippen molar-refractivity contribution in [3.05, 3.63) is 21.2 Å². The lowest BCUT2D eigenvalue weighted by molar-refractivity contribution is 0.120. The number of aryl methyl sites for hydroxylation is 1. The zero-order valence-electron chi connectivity index (χ0n) is 9.07. The molecule has 1 aliphatic rings. The second-order valence-corrected chi connectivity index (χ2v) is 4.66. The molecule has 1 aromatic rings. The van der Waals surface area contributed by atoms with Crippen LogP contribution in [0.15, 0.2) is 15.6 Å². The number of nitrogens with zero attached hydrogens (tertiary/aromatic N) is 2. The smallest absolute Gasteiger partial charge is 0.293 e. The molecule has 16 heavy (non-hydrogen) atoms. The van der Waals surface area contributed by atoms with E-state index >= 15 is 0 Å². The molecule has 1 aromatic heterocycles. The van der Waals surface area contributed by atoms with Crippen molar-refractivity contribution in [2.24, 2.45) is 7.05 Å². The molecule has 2 heterocycles. The van der Waals surface area contributed by atoms with E-state index in [1.165, 1.54) is 4.57 Å². The topological polar surface area (TPSA) is 56.1 Å². The maximum atomic E-state index is 11.7. The van der Waals surface area contributed by atoms with E-state index in [1.807, 2.05) is 0 Å². The van der Waals surface area contributed by atoms with Gasteiger partial charge < -0.3 is 14.6 Å². The fourth-order valence-corrected chi connectivity index (χ4v) is 2.18. The van der Waals surface area contributed by atoms with E-state index in [4.69, 9.17) is 4.74 Å². The normalized spacial score (nSPS) is 20.0. The summed E-state index contributed by atoms with van der Waals surface area (Å²) in [6.45, 7) is 1.45. The minimum absolute atomic E-state index is 0.124. The molecule has 1 N–H and O–H groups in total. The zero-order chi connectivity index (χ0) is 11.5. The van der Waals surface area contributed by atoms with Crippen molar-refractivity contribution in [2.75, 3.05) is 18.5 Å². The van der Waals surface area contributed by atoms with Gasteiger partial charge in [-0.2, -0.15) is 0 Å². The first-order chi connectivity index (χ1) is 7.66. The first-order valence-electron chi connectivity index (χ1n) is 5.25. The highest BCUT2D eigenvalue weighted by molar-refractivity contribution is 9.10. The predicted molar refractivity (Wildman–Crippen MR) is 64.6 cm³/mol. The molecule has 6 heteroatoms. The van der Waals surface area contributed by atoms with Crippen LogP contribution in [0.3, 0.4) is 0 Å². The maximum Gasteiger partial charge on any atom is 0.293 e. The van der Waals surface area contributed by atoms with E-state index in [1.54, 1.807) is 13.2 Å². The molecule has 1 aliphatic heterocycles. The average Bonchev–Trinajstić information content (AvgIpc) is 2.74. The summed E-state index contributed by atoms with van der Waals surface area (Å²) in [6, 6.07) is 0. The Bertz CT molecular complexity index is 427. The van der Waals surface area contributed by atoms with Gasteiger partial charge in [0.05, 0.1) is 6.10 Å². The van der Waals surface area contributed by atoms with Crippen LogP contribution >= 0.6 is 15.9 Å². The molecule has 0 radical (unpaired) electrons. The van der Waals surface area contributed by atoms with E-state index in [0.29, 0.717) is 17.0 Å². The van der Waals surface area contributed by atoms with E-state index in [0.717, 1.165) is 19.4 Å². The molecule has 0 bridgehead atoms. The second-order valence-electron chi connectivity index (χ2n) is 3.84. The molecular weight excluding hydrogens is 274 g/mol. The molecule has 0 saturated carbocycles. The number of anilines is 1. The van der Waals surface area contributed by atoms with Crippen molar-refractivity contribution >= 4 is 21.7 Å². The third kappa shape index (κ3) is 2.62. The Morgan fingerprint density at radius 2 is 2.56 bits per heavy atom. The van der Waals surface area contributed by atoms with Crippen LogP contribution in [0.4, 0.5) is 5.82 Å². The minimum atomic E-state index is -0.124. The number of rotatable bonds is 3. The monoisotopic (exact) mass is 287 g/mol. The first-order valence-corrected chi connectivity index (χ1v) is 6.05. The Hall–Kier alpha value is -0.880. The van der Waals surface area contributed by atoms with Gasteiger partial charge in [-0.1, -0.05) is 0 Å². The molecule has 88 valence electrons. The molecule has 0 unspecified atom stereocenters. The van der Waals surface area contributed by atoms with Crippen LogP contribution in [0.5, 0.6) is 0 Å². The lowest BCUT2D eigenvalue weighted by atomic mass is 10.2. The molecule has 2 rings (SSSR count). The lowest BCUT2D eigenvalue weighted by Crippen LogP contribution is -2.26. The maximum absolute atomic E-state index is 11.7. The highest BCUT2D eigenvalue weighted by Crippen LogP contribution is 2.12. The van der Waals surface area contributed by atoms with Crippen molar-refractivity contribution < 1.29 is 4.74 Å². The Morgan fingerprint density at radius 1 is 1.75 bits per heavy atom. The fraction of sp³-hybridized carbons (Fsp3) is 0.600. The van der Waals surface area contributed by atoms with Crippen LogP contribution in [0.2, 0.25) is 0 Å². The molecule has 0 aliphatic carbocycles. The van der Waals surface area contributed by atoms with E-state index < -0.39 is 0 Å². The van der Waals surface area contributed by atoms with E-state index in [9.17, 15) is 4.79 Å². The summed E-state index contributed by atoms with van der Waals surface area (Å²) < 4.78 is 7.60. The van der Waals surface area contributed by atoms with Gasteiger partial charge in [-0.3, -0.25) is 4.79 Å². The van der Waals surface area contributed by atoms with E-state index in [-0.39, 0.29) is 11.7 Å². The molecule has 1 atom stereocenters. The zero-order valence-corrected chi connectivity index (χ0v) is 10.7. The number of nitrogens with one attached hydrogen (secondary N) is 1.